The molecule has 2 aromatic heterocycles. The summed E-state index contributed by atoms with van der Waals surface area (Å²) in [6.45, 7) is 0.550. The van der Waals surface area contributed by atoms with Gasteiger partial charge in [0.2, 0.25) is 21.8 Å². The van der Waals surface area contributed by atoms with Crippen LogP contribution in [-0.4, -0.2) is 41.8 Å². The molecule has 0 radical (unpaired) electrons. The number of rotatable bonds is 7. The van der Waals surface area contributed by atoms with Gasteiger partial charge in [-0.3, -0.25) is 0 Å². The van der Waals surface area contributed by atoms with Crippen LogP contribution in [0.4, 0.5) is 0 Å². The number of thiophene rings is 1. The third-order valence-corrected chi connectivity index (χ3v) is 7.18. The normalized spacial score (nSPS) is 18.2. The zero-order valence-corrected chi connectivity index (χ0v) is 16.9. The van der Waals surface area contributed by atoms with Crippen molar-refractivity contribution >= 4 is 21.4 Å². The van der Waals surface area contributed by atoms with Crippen LogP contribution in [0.15, 0.2) is 51.6 Å². The van der Waals surface area contributed by atoms with Crippen LogP contribution in [0.5, 0.6) is 5.75 Å². The van der Waals surface area contributed by atoms with Gasteiger partial charge in [0.15, 0.2) is 0 Å². The maximum absolute atomic E-state index is 13.0. The summed E-state index contributed by atoms with van der Waals surface area (Å²) in [5, 5.41) is 12.1. The SMILES string of the molecule is O=S(=O)(CCOc1ccccc1)N1CCCC[C@@H]1c1nnc(-c2ccsc2)o1. The molecule has 0 unspecified atom stereocenters. The van der Waals surface area contributed by atoms with Crippen LogP contribution < -0.4 is 4.74 Å². The van der Waals surface area contributed by atoms with Gasteiger partial charge in [-0.1, -0.05) is 24.6 Å². The third kappa shape index (κ3) is 4.26. The van der Waals surface area contributed by atoms with Gasteiger partial charge in [0, 0.05) is 17.5 Å². The van der Waals surface area contributed by atoms with Crippen molar-refractivity contribution in [3.8, 4) is 17.2 Å². The Balaban J connectivity index is 1.47. The van der Waals surface area contributed by atoms with Gasteiger partial charge in [0.05, 0.1) is 5.75 Å². The molecule has 0 N–H and O–H groups in total. The van der Waals surface area contributed by atoms with Gasteiger partial charge >= 0.3 is 0 Å². The minimum Gasteiger partial charge on any atom is -0.492 e. The van der Waals surface area contributed by atoms with E-state index in [-0.39, 0.29) is 12.4 Å². The molecule has 9 heteroatoms. The molecule has 0 saturated carbocycles. The van der Waals surface area contributed by atoms with E-state index in [1.807, 2.05) is 35.0 Å². The molecule has 7 nitrogen and oxygen atoms in total. The lowest BCUT2D eigenvalue weighted by Crippen LogP contribution is -2.41. The van der Waals surface area contributed by atoms with E-state index in [0.717, 1.165) is 18.4 Å². The van der Waals surface area contributed by atoms with Gasteiger partial charge in [-0.2, -0.15) is 15.6 Å². The largest absolute Gasteiger partial charge is 0.492 e. The van der Waals surface area contributed by atoms with Crippen LogP contribution in [0, 0.1) is 0 Å². The minimum atomic E-state index is -3.51. The third-order valence-electron chi connectivity index (χ3n) is 4.66. The Labute approximate surface area is 168 Å². The summed E-state index contributed by atoms with van der Waals surface area (Å²) in [6.07, 6.45) is 2.41. The van der Waals surface area contributed by atoms with Crippen LogP contribution >= 0.6 is 11.3 Å². The van der Waals surface area contributed by atoms with Crippen molar-refractivity contribution in [3.63, 3.8) is 0 Å². The van der Waals surface area contributed by atoms with E-state index < -0.39 is 16.1 Å². The van der Waals surface area contributed by atoms with Crippen LogP contribution in [0.2, 0.25) is 0 Å². The van der Waals surface area contributed by atoms with E-state index in [1.165, 1.54) is 4.31 Å². The van der Waals surface area contributed by atoms with Crippen LogP contribution in [0.3, 0.4) is 0 Å². The molecular formula is C19H21N3O4S2. The number of nitrogens with zero attached hydrogens (tertiary/aromatic N) is 3. The van der Waals surface area contributed by atoms with Gasteiger partial charge in [0.1, 0.15) is 18.4 Å². The average Bonchev–Trinajstić information content (AvgIpc) is 3.40. The van der Waals surface area contributed by atoms with Crippen LogP contribution in [-0.2, 0) is 10.0 Å². The summed E-state index contributed by atoms with van der Waals surface area (Å²) in [5.74, 6) is 1.34. The van der Waals surface area contributed by atoms with E-state index >= 15 is 0 Å². The number of ether oxygens (including phenoxy) is 1. The molecule has 3 heterocycles. The van der Waals surface area contributed by atoms with E-state index in [0.29, 0.717) is 30.5 Å². The molecule has 1 saturated heterocycles. The van der Waals surface area contributed by atoms with Crippen molar-refractivity contribution in [2.45, 2.75) is 25.3 Å². The van der Waals surface area contributed by atoms with Crippen LogP contribution in [0.25, 0.3) is 11.5 Å². The maximum atomic E-state index is 13.0. The van der Waals surface area contributed by atoms with E-state index in [9.17, 15) is 8.42 Å². The first-order valence-corrected chi connectivity index (χ1v) is 11.7. The molecule has 0 amide bonds. The highest BCUT2D eigenvalue weighted by atomic mass is 32.2. The fraction of sp³-hybridized carbons (Fsp3) is 0.368. The quantitative estimate of drug-likeness (QED) is 0.580. The maximum Gasteiger partial charge on any atom is 0.248 e. The highest BCUT2D eigenvalue weighted by molar-refractivity contribution is 7.89. The zero-order valence-electron chi connectivity index (χ0n) is 15.2. The summed E-state index contributed by atoms with van der Waals surface area (Å²) in [4.78, 5) is 0. The average molecular weight is 420 g/mol. The monoisotopic (exact) mass is 419 g/mol. The molecule has 0 spiro atoms. The lowest BCUT2D eigenvalue weighted by atomic mass is 10.1. The second-order valence-electron chi connectivity index (χ2n) is 6.56. The van der Waals surface area contributed by atoms with E-state index in [4.69, 9.17) is 9.15 Å². The number of hydrogen-bond donors (Lipinski definition) is 0. The van der Waals surface area contributed by atoms with Gasteiger partial charge in [-0.05, 0) is 36.4 Å². The second kappa shape index (κ2) is 8.42. The molecule has 0 aliphatic carbocycles. The molecule has 28 heavy (non-hydrogen) atoms. The number of piperidine rings is 1. The number of aromatic nitrogens is 2. The van der Waals surface area contributed by atoms with E-state index in [1.54, 1.807) is 23.5 Å². The Morgan fingerprint density at radius 3 is 2.82 bits per heavy atom. The summed E-state index contributed by atoms with van der Waals surface area (Å²) in [5.41, 5.74) is 0.852. The minimum absolute atomic E-state index is 0.0933. The lowest BCUT2D eigenvalue weighted by molar-refractivity contribution is 0.218. The molecule has 4 rings (SSSR count). The van der Waals surface area contributed by atoms with Crippen molar-refractivity contribution in [2.24, 2.45) is 0 Å². The predicted octanol–water partition coefficient (Wildman–Crippen LogP) is 3.73. The molecule has 0 bridgehead atoms. The summed E-state index contributed by atoms with van der Waals surface area (Å²) in [7, 11) is -3.51. The van der Waals surface area contributed by atoms with E-state index in [2.05, 4.69) is 10.2 Å². The standard InChI is InChI=1S/C19H21N3O4S2/c23-28(24,13-11-25-16-6-2-1-3-7-16)22-10-5-4-8-17(22)19-21-20-18(26-19)15-9-12-27-14-15/h1-3,6-7,9,12,14,17H,4-5,8,10-11,13H2/t17-/m1/s1. The molecule has 1 aliphatic rings. The first-order valence-electron chi connectivity index (χ1n) is 9.17. The van der Waals surface area contributed by atoms with Crippen molar-refractivity contribution in [1.29, 1.82) is 0 Å². The smallest absolute Gasteiger partial charge is 0.248 e. The zero-order chi connectivity index (χ0) is 19.4. The Hall–Kier alpha value is -2.23. The Morgan fingerprint density at radius 2 is 2.04 bits per heavy atom. The van der Waals surface area contributed by atoms with Crippen molar-refractivity contribution in [3.05, 3.63) is 53.0 Å². The molecule has 1 aliphatic heterocycles. The van der Waals surface area contributed by atoms with Crippen LogP contribution in [0.1, 0.15) is 31.2 Å². The molecule has 1 atom stereocenters. The fourth-order valence-corrected chi connectivity index (χ4v) is 5.40. The number of sulfonamides is 1. The number of hydrogen-bond acceptors (Lipinski definition) is 7. The summed E-state index contributed by atoms with van der Waals surface area (Å²) in [6, 6.07) is 10.7. The first-order chi connectivity index (χ1) is 13.6. The first kappa shape index (κ1) is 19.1. The van der Waals surface area contributed by atoms with Gasteiger partial charge < -0.3 is 9.15 Å². The molecular weight excluding hydrogens is 398 g/mol. The highest BCUT2D eigenvalue weighted by Crippen LogP contribution is 2.34. The Morgan fingerprint density at radius 1 is 1.18 bits per heavy atom. The highest BCUT2D eigenvalue weighted by Gasteiger charge is 2.36. The molecule has 1 aromatic carbocycles. The predicted molar refractivity (Wildman–Crippen MR) is 107 cm³/mol. The molecule has 3 aromatic rings. The van der Waals surface area contributed by atoms with Crippen molar-refractivity contribution in [1.82, 2.24) is 14.5 Å². The summed E-state index contributed by atoms with van der Waals surface area (Å²) < 4.78 is 38.8. The second-order valence-corrected chi connectivity index (χ2v) is 9.38. The Bertz CT molecular complexity index is 987. The van der Waals surface area contributed by atoms with Gasteiger partial charge in [-0.25, -0.2) is 8.42 Å². The Kier molecular flexibility index (Phi) is 5.74. The summed E-state index contributed by atoms with van der Waals surface area (Å²) >= 11 is 1.54. The van der Waals surface area contributed by atoms with Crippen molar-refractivity contribution in [2.75, 3.05) is 18.9 Å². The number of benzene rings is 1. The number of para-hydroxylation sites is 1. The lowest BCUT2D eigenvalue weighted by Gasteiger charge is -2.32. The van der Waals surface area contributed by atoms with Crippen molar-refractivity contribution < 1.29 is 17.6 Å². The molecule has 148 valence electrons. The molecule has 1 fully saturated rings. The topological polar surface area (TPSA) is 85.5 Å². The fourth-order valence-electron chi connectivity index (χ4n) is 3.26. The van der Waals surface area contributed by atoms with Gasteiger partial charge in [-0.15, -0.1) is 10.2 Å². The van der Waals surface area contributed by atoms with Gasteiger partial charge in [0.25, 0.3) is 0 Å².